The van der Waals surface area contributed by atoms with Crippen molar-refractivity contribution >= 4 is 10.8 Å². The molecule has 0 heterocycles. The van der Waals surface area contributed by atoms with E-state index in [2.05, 4.69) is 84.0 Å². The smallest absolute Gasteiger partial charge is 0.119 e. The molecule has 1 spiro atoms. The van der Waals surface area contributed by atoms with Crippen molar-refractivity contribution in [3.8, 4) is 16.9 Å². The van der Waals surface area contributed by atoms with Gasteiger partial charge in [-0.15, -0.1) is 0 Å². The molecule has 4 unspecified atom stereocenters. The predicted octanol–water partition coefficient (Wildman–Crippen LogP) is 10.4. The number of ether oxygens (including phenoxy) is 1. The summed E-state index contributed by atoms with van der Waals surface area (Å²) in [7, 11) is 1.79. The highest BCUT2D eigenvalue weighted by Gasteiger charge is 2.55. The zero-order valence-corrected chi connectivity index (χ0v) is 25.4. The molecule has 0 aromatic heterocycles. The molecule has 39 heavy (non-hydrogen) atoms. The monoisotopic (exact) mass is 520 g/mol. The number of benzene rings is 3. The second kappa shape index (κ2) is 8.61. The first-order valence-electron chi connectivity index (χ1n) is 15.8. The lowest BCUT2D eigenvalue weighted by atomic mass is 9.51. The average Bonchev–Trinajstić information content (AvgIpc) is 3.10. The van der Waals surface area contributed by atoms with E-state index in [0.29, 0.717) is 16.7 Å². The Bertz CT molecular complexity index is 1440. The van der Waals surface area contributed by atoms with Crippen LogP contribution in [0.2, 0.25) is 0 Å². The molecule has 0 amide bonds. The predicted molar refractivity (Wildman–Crippen MR) is 165 cm³/mol. The van der Waals surface area contributed by atoms with Gasteiger partial charge >= 0.3 is 0 Å². The molecule has 206 valence electrons. The van der Waals surface area contributed by atoms with Crippen molar-refractivity contribution in [1.82, 2.24) is 0 Å². The first kappa shape index (κ1) is 25.7. The highest BCUT2D eigenvalue weighted by atomic mass is 16.5. The third-order valence-electron chi connectivity index (χ3n) is 11.5. The van der Waals surface area contributed by atoms with Gasteiger partial charge in [-0.1, -0.05) is 65.0 Å². The van der Waals surface area contributed by atoms with Crippen molar-refractivity contribution in [3.63, 3.8) is 0 Å². The summed E-state index contributed by atoms with van der Waals surface area (Å²) in [6.45, 7) is 15.0. The maximum Gasteiger partial charge on any atom is 0.119 e. The molecule has 4 aliphatic carbocycles. The molecule has 0 aliphatic heterocycles. The SMILES string of the molecule is COc1ccc2c3c(cc(C)c2c1)C1(CC(C)CC(C)(C)C1)c1c-3cccc1C12CC(C)CC(CC(C)C1)C2. The second-order valence-corrected chi connectivity index (χ2v) is 15.6. The summed E-state index contributed by atoms with van der Waals surface area (Å²) in [4.78, 5) is 0. The van der Waals surface area contributed by atoms with Gasteiger partial charge in [0.25, 0.3) is 0 Å². The third-order valence-corrected chi connectivity index (χ3v) is 11.5. The zero-order valence-electron chi connectivity index (χ0n) is 25.4. The summed E-state index contributed by atoms with van der Waals surface area (Å²) >= 11 is 0. The fraction of sp³-hybridized carbons (Fsp3) is 0.579. The minimum atomic E-state index is 0.104. The summed E-state index contributed by atoms with van der Waals surface area (Å²) in [5, 5.41) is 2.77. The lowest BCUT2D eigenvalue weighted by Gasteiger charge is -2.53. The lowest BCUT2D eigenvalue weighted by Crippen LogP contribution is -2.46. The molecule has 4 aliphatic rings. The van der Waals surface area contributed by atoms with E-state index in [4.69, 9.17) is 4.74 Å². The Morgan fingerprint density at radius 3 is 2.21 bits per heavy atom. The minimum Gasteiger partial charge on any atom is -0.497 e. The Kier molecular flexibility index (Phi) is 5.67. The lowest BCUT2D eigenvalue weighted by molar-refractivity contribution is 0.0742. The fourth-order valence-electron chi connectivity index (χ4n) is 11.2. The molecule has 0 radical (unpaired) electrons. The summed E-state index contributed by atoms with van der Waals surface area (Å²) < 4.78 is 5.68. The van der Waals surface area contributed by atoms with Crippen LogP contribution in [0.25, 0.3) is 21.9 Å². The van der Waals surface area contributed by atoms with Gasteiger partial charge in [-0.05, 0) is 149 Å². The number of fused-ring (bicyclic) bond motifs is 9. The van der Waals surface area contributed by atoms with E-state index >= 15 is 0 Å². The van der Waals surface area contributed by atoms with Crippen LogP contribution < -0.4 is 4.74 Å². The zero-order chi connectivity index (χ0) is 27.3. The minimum absolute atomic E-state index is 0.104. The first-order valence-corrected chi connectivity index (χ1v) is 15.8. The van der Waals surface area contributed by atoms with Gasteiger partial charge in [0.1, 0.15) is 5.75 Å². The van der Waals surface area contributed by atoms with E-state index < -0.39 is 0 Å². The van der Waals surface area contributed by atoms with Crippen LogP contribution in [-0.4, -0.2) is 7.11 Å². The molecule has 3 saturated carbocycles. The van der Waals surface area contributed by atoms with Crippen LogP contribution in [0, 0.1) is 36.0 Å². The van der Waals surface area contributed by atoms with Crippen LogP contribution >= 0.6 is 0 Å². The van der Waals surface area contributed by atoms with Crippen LogP contribution in [-0.2, 0) is 10.8 Å². The number of hydrogen-bond acceptors (Lipinski definition) is 1. The van der Waals surface area contributed by atoms with Crippen molar-refractivity contribution in [2.45, 2.75) is 104 Å². The molecule has 3 aromatic carbocycles. The molecular weight excluding hydrogens is 472 g/mol. The van der Waals surface area contributed by atoms with Crippen LogP contribution in [0.3, 0.4) is 0 Å². The van der Waals surface area contributed by atoms with Crippen molar-refractivity contribution in [1.29, 1.82) is 0 Å². The van der Waals surface area contributed by atoms with E-state index in [1.54, 1.807) is 29.4 Å². The highest BCUT2D eigenvalue weighted by molar-refractivity contribution is 6.04. The van der Waals surface area contributed by atoms with Crippen molar-refractivity contribution in [3.05, 3.63) is 64.7 Å². The highest BCUT2D eigenvalue weighted by Crippen LogP contribution is 2.65. The molecule has 3 aromatic rings. The van der Waals surface area contributed by atoms with Crippen LogP contribution in [0.4, 0.5) is 0 Å². The number of aryl methyl sites for hydroxylation is 1. The molecule has 0 saturated heterocycles. The average molecular weight is 521 g/mol. The summed E-state index contributed by atoms with van der Waals surface area (Å²) in [5.41, 5.74) is 10.3. The normalized spacial score (nSPS) is 34.6. The second-order valence-electron chi connectivity index (χ2n) is 15.6. The molecular formula is C38H48O. The van der Waals surface area contributed by atoms with E-state index in [-0.39, 0.29) is 5.41 Å². The van der Waals surface area contributed by atoms with Gasteiger partial charge in [0.15, 0.2) is 0 Å². The van der Waals surface area contributed by atoms with Crippen molar-refractivity contribution in [2.24, 2.45) is 29.1 Å². The van der Waals surface area contributed by atoms with Gasteiger partial charge in [-0.2, -0.15) is 0 Å². The molecule has 2 bridgehead atoms. The van der Waals surface area contributed by atoms with Crippen LogP contribution in [0.15, 0.2) is 42.5 Å². The van der Waals surface area contributed by atoms with Gasteiger partial charge < -0.3 is 4.74 Å². The van der Waals surface area contributed by atoms with Gasteiger partial charge in [0.2, 0.25) is 0 Å². The molecule has 1 heteroatoms. The van der Waals surface area contributed by atoms with Crippen LogP contribution in [0.1, 0.15) is 108 Å². The van der Waals surface area contributed by atoms with Gasteiger partial charge in [-0.3, -0.25) is 0 Å². The Morgan fingerprint density at radius 1 is 0.769 bits per heavy atom. The number of rotatable bonds is 2. The third kappa shape index (κ3) is 3.78. The Hall–Kier alpha value is -2.28. The maximum absolute atomic E-state index is 5.68. The largest absolute Gasteiger partial charge is 0.497 e. The van der Waals surface area contributed by atoms with Crippen molar-refractivity contribution in [2.75, 3.05) is 7.11 Å². The quantitative estimate of drug-likeness (QED) is 0.326. The Labute approximate surface area is 236 Å². The molecule has 0 N–H and O–H groups in total. The summed E-state index contributed by atoms with van der Waals surface area (Å²) in [6.07, 6.45) is 10.9. The fourth-order valence-corrected chi connectivity index (χ4v) is 11.2. The van der Waals surface area contributed by atoms with Crippen LogP contribution in [0.5, 0.6) is 5.75 Å². The molecule has 3 fully saturated rings. The van der Waals surface area contributed by atoms with Gasteiger partial charge in [0.05, 0.1) is 7.11 Å². The number of hydrogen-bond donors (Lipinski definition) is 0. The van der Waals surface area contributed by atoms with Gasteiger partial charge in [0, 0.05) is 5.41 Å². The Morgan fingerprint density at radius 2 is 1.51 bits per heavy atom. The Balaban J connectivity index is 1.56. The molecule has 4 atom stereocenters. The molecule has 7 rings (SSSR count). The van der Waals surface area contributed by atoms with E-state index in [1.807, 2.05) is 0 Å². The topological polar surface area (TPSA) is 9.23 Å². The first-order chi connectivity index (χ1) is 18.5. The standard InChI is InChI=1S/C38H48O/c1-23-13-27-14-24(2)19-37(18-23,21-27)32-10-8-9-30-34-29-12-11-28(39-7)16-31(29)26(4)15-33(34)38(35(30)32)20-25(3)17-36(5,6)22-38/h8-12,15-16,23-25,27H,13-14,17-22H2,1-7H3. The van der Waals surface area contributed by atoms with Gasteiger partial charge in [-0.25, -0.2) is 0 Å². The molecule has 1 nitrogen and oxygen atoms in total. The van der Waals surface area contributed by atoms with Crippen molar-refractivity contribution < 1.29 is 4.74 Å². The maximum atomic E-state index is 5.68. The number of methoxy groups -OCH3 is 1. The summed E-state index contributed by atoms with van der Waals surface area (Å²) in [6, 6.07) is 16.9. The van der Waals surface area contributed by atoms with E-state index in [1.165, 1.54) is 73.3 Å². The van der Waals surface area contributed by atoms with E-state index in [0.717, 1.165) is 23.5 Å². The summed E-state index contributed by atoms with van der Waals surface area (Å²) in [5.74, 6) is 4.21. The van der Waals surface area contributed by atoms with E-state index in [9.17, 15) is 0 Å².